The van der Waals surface area contributed by atoms with Gasteiger partial charge in [0.15, 0.2) is 5.78 Å². The van der Waals surface area contributed by atoms with Crippen LogP contribution < -0.4 is 5.32 Å². The minimum absolute atomic E-state index is 0.0688. The summed E-state index contributed by atoms with van der Waals surface area (Å²) >= 11 is 0. The van der Waals surface area contributed by atoms with Crippen molar-refractivity contribution in [3.63, 3.8) is 0 Å². The highest BCUT2D eigenvalue weighted by Crippen LogP contribution is 2.30. The minimum atomic E-state index is -0.176. The van der Waals surface area contributed by atoms with Crippen LogP contribution in [0.25, 0.3) is 10.9 Å². The zero-order valence-electron chi connectivity index (χ0n) is 14.0. The molecule has 25 heavy (non-hydrogen) atoms. The molecule has 4 rings (SSSR count). The van der Waals surface area contributed by atoms with Gasteiger partial charge in [0.25, 0.3) is 5.91 Å². The van der Waals surface area contributed by atoms with Gasteiger partial charge < -0.3 is 5.32 Å². The number of carbonyl (C=O) groups excluding carboxylic acids is 2. The Bertz CT molecular complexity index is 1010. The zero-order chi connectivity index (χ0) is 17.4. The van der Waals surface area contributed by atoms with E-state index in [9.17, 15) is 9.59 Å². The van der Waals surface area contributed by atoms with Crippen molar-refractivity contribution in [3.05, 3.63) is 70.9 Å². The van der Waals surface area contributed by atoms with Crippen LogP contribution in [0.3, 0.4) is 0 Å². The van der Waals surface area contributed by atoms with Crippen molar-refractivity contribution in [1.82, 2.24) is 4.98 Å². The maximum atomic E-state index is 13.1. The highest BCUT2D eigenvalue weighted by Gasteiger charge is 2.24. The number of nitrogens with zero attached hydrogens (tertiary/aromatic N) is 1. The number of aromatic nitrogens is 1. The number of anilines is 1. The molecule has 2 aromatic carbocycles. The predicted octanol–water partition coefficient (Wildman–Crippen LogP) is 4.18. The molecule has 0 atom stereocenters. The van der Waals surface area contributed by atoms with Crippen molar-refractivity contribution in [2.75, 3.05) is 5.32 Å². The van der Waals surface area contributed by atoms with E-state index < -0.39 is 0 Å². The molecule has 1 aromatic heterocycles. The van der Waals surface area contributed by atoms with E-state index in [0.29, 0.717) is 16.8 Å². The van der Waals surface area contributed by atoms with Gasteiger partial charge >= 0.3 is 0 Å². The maximum Gasteiger partial charge on any atom is 0.256 e. The second-order valence-corrected chi connectivity index (χ2v) is 6.34. The first-order valence-corrected chi connectivity index (χ1v) is 8.47. The molecule has 1 heterocycles. The van der Waals surface area contributed by atoms with Gasteiger partial charge in [0.05, 0.1) is 16.8 Å². The zero-order valence-corrected chi connectivity index (χ0v) is 14.0. The number of nitrogens with one attached hydrogen (secondary N) is 1. The molecule has 1 N–H and O–H groups in total. The molecule has 1 amide bonds. The number of rotatable bonds is 3. The van der Waals surface area contributed by atoms with Crippen molar-refractivity contribution in [2.45, 2.75) is 26.2 Å². The quantitative estimate of drug-likeness (QED) is 0.733. The Hall–Kier alpha value is -3.01. The summed E-state index contributed by atoms with van der Waals surface area (Å²) < 4.78 is 0. The summed E-state index contributed by atoms with van der Waals surface area (Å²) in [6.45, 7) is 1.50. The van der Waals surface area contributed by atoms with Crippen LogP contribution in [0, 0.1) is 0 Å². The van der Waals surface area contributed by atoms with Crippen LogP contribution in [0.15, 0.2) is 48.5 Å². The van der Waals surface area contributed by atoms with Crippen molar-refractivity contribution < 1.29 is 9.59 Å². The monoisotopic (exact) mass is 330 g/mol. The topological polar surface area (TPSA) is 59.1 Å². The third-order valence-electron chi connectivity index (χ3n) is 4.70. The van der Waals surface area contributed by atoms with Crippen LogP contribution in [-0.2, 0) is 12.8 Å². The summed E-state index contributed by atoms with van der Waals surface area (Å²) in [4.78, 5) is 29.7. The van der Waals surface area contributed by atoms with Gasteiger partial charge in [-0.3, -0.25) is 14.6 Å². The summed E-state index contributed by atoms with van der Waals surface area (Å²) in [7, 11) is 0. The Morgan fingerprint density at radius 1 is 1.00 bits per heavy atom. The lowest BCUT2D eigenvalue weighted by Crippen LogP contribution is -2.17. The molecule has 124 valence electrons. The van der Waals surface area contributed by atoms with Gasteiger partial charge in [-0.25, -0.2) is 0 Å². The van der Waals surface area contributed by atoms with Gasteiger partial charge in [0.2, 0.25) is 0 Å². The van der Waals surface area contributed by atoms with E-state index in [1.165, 1.54) is 6.92 Å². The van der Waals surface area contributed by atoms with Gasteiger partial charge in [-0.2, -0.15) is 0 Å². The minimum Gasteiger partial charge on any atom is -0.321 e. The van der Waals surface area contributed by atoms with Gasteiger partial charge in [-0.1, -0.05) is 30.3 Å². The number of amides is 1. The van der Waals surface area contributed by atoms with Crippen molar-refractivity contribution in [2.24, 2.45) is 0 Å². The number of benzene rings is 2. The molecule has 0 aliphatic heterocycles. The van der Waals surface area contributed by atoms with Crippen molar-refractivity contribution >= 4 is 28.3 Å². The lowest BCUT2D eigenvalue weighted by Gasteiger charge is -2.14. The number of fused-ring (bicyclic) bond motifs is 2. The molecule has 4 nitrogen and oxygen atoms in total. The molecule has 3 aromatic rings. The van der Waals surface area contributed by atoms with Gasteiger partial charge in [0, 0.05) is 16.6 Å². The fourth-order valence-electron chi connectivity index (χ4n) is 3.55. The molecule has 0 saturated carbocycles. The first kappa shape index (κ1) is 15.5. The molecule has 1 aliphatic carbocycles. The van der Waals surface area contributed by atoms with Crippen LogP contribution in [-0.4, -0.2) is 16.7 Å². The molecule has 0 spiro atoms. The molecular weight excluding hydrogens is 312 g/mol. The molecular formula is C21H18N2O2. The Balaban J connectivity index is 1.83. The Kier molecular flexibility index (Phi) is 3.80. The van der Waals surface area contributed by atoms with E-state index in [-0.39, 0.29) is 11.7 Å². The number of aryl methyl sites for hydroxylation is 1. The first-order valence-electron chi connectivity index (χ1n) is 8.47. The van der Waals surface area contributed by atoms with E-state index >= 15 is 0 Å². The number of hydrogen-bond donors (Lipinski definition) is 1. The van der Waals surface area contributed by atoms with Crippen molar-refractivity contribution in [1.29, 1.82) is 0 Å². The third kappa shape index (κ3) is 2.70. The largest absolute Gasteiger partial charge is 0.321 e. The molecule has 0 fully saturated rings. The average Bonchev–Trinajstić information content (AvgIpc) is 3.07. The number of ketones is 1. The fraction of sp³-hybridized carbons (Fsp3) is 0.190. The van der Waals surface area contributed by atoms with Crippen LogP contribution >= 0.6 is 0 Å². The van der Waals surface area contributed by atoms with Crippen LogP contribution in [0.5, 0.6) is 0 Å². The van der Waals surface area contributed by atoms with Crippen LogP contribution in [0.1, 0.15) is 45.3 Å². The van der Waals surface area contributed by atoms with Crippen molar-refractivity contribution in [3.8, 4) is 0 Å². The second-order valence-electron chi connectivity index (χ2n) is 6.34. The number of carbonyl (C=O) groups is 2. The molecule has 0 bridgehead atoms. The van der Waals surface area contributed by atoms with E-state index in [1.54, 1.807) is 18.2 Å². The smallest absolute Gasteiger partial charge is 0.256 e. The number of para-hydroxylation sites is 2. The predicted molar refractivity (Wildman–Crippen MR) is 98.2 cm³/mol. The van der Waals surface area contributed by atoms with E-state index in [4.69, 9.17) is 4.98 Å². The van der Waals surface area contributed by atoms with Crippen LogP contribution in [0.4, 0.5) is 5.69 Å². The molecule has 0 unspecified atom stereocenters. The molecule has 0 radical (unpaired) electrons. The lowest BCUT2D eigenvalue weighted by atomic mass is 10.00. The Morgan fingerprint density at radius 2 is 1.76 bits per heavy atom. The summed E-state index contributed by atoms with van der Waals surface area (Å²) in [5.41, 5.74) is 4.66. The number of hydrogen-bond acceptors (Lipinski definition) is 3. The summed E-state index contributed by atoms with van der Waals surface area (Å²) in [6.07, 6.45) is 2.79. The first-order chi connectivity index (χ1) is 12.1. The van der Waals surface area contributed by atoms with Gasteiger partial charge in [-0.15, -0.1) is 0 Å². The second kappa shape index (κ2) is 6.13. The lowest BCUT2D eigenvalue weighted by molar-refractivity contribution is 0.101. The highest BCUT2D eigenvalue weighted by molar-refractivity contribution is 6.15. The normalized spacial score (nSPS) is 12.8. The SMILES string of the molecule is CC(=O)c1ccccc1NC(=O)c1c2c(nc3ccccc13)CCC2. The van der Waals surface area contributed by atoms with Gasteiger partial charge in [0.1, 0.15) is 0 Å². The van der Waals surface area contributed by atoms with E-state index in [2.05, 4.69) is 5.32 Å². The summed E-state index contributed by atoms with van der Waals surface area (Å²) in [5.74, 6) is -0.244. The fourth-order valence-corrected chi connectivity index (χ4v) is 3.55. The molecule has 4 heteroatoms. The number of Topliss-reactive ketones (excluding diaryl/α,β-unsaturated/α-hetero) is 1. The average molecular weight is 330 g/mol. The number of pyridine rings is 1. The third-order valence-corrected chi connectivity index (χ3v) is 4.70. The molecule has 1 aliphatic rings. The van der Waals surface area contributed by atoms with E-state index in [1.807, 2.05) is 30.3 Å². The van der Waals surface area contributed by atoms with E-state index in [0.717, 1.165) is 41.4 Å². The van der Waals surface area contributed by atoms with Gasteiger partial charge in [-0.05, 0) is 49.9 Å². The Labute approximate surface area is 145 Å². The standard InChI is InChI=1S/C21H18N2O2/c1-13(24)14-7-2-4-10-17(14)23-21(25)20-15-8-3-5-11-18(15)22-19-12-6-9-16(19)20/h2-5,7-8,10-11H,6,9,12H2,1H3,(H,23,25). The summed E-state index contributed by atoms with van der Waals surface area (Å²) in [5, 5.41) is 3.80. The molecule has 0 saturated heterocycles. The van der Waals surface area contributed by atoms with Crippen LogP contribution in [0.2, 0.25) is 0 Å². The highest BCUT2D eigenvalue weighted by atomic mass is 16.1. The maximum absolute atomic E-state index is 13.1. The summed E-state index contributed by atoms with van der Waals surface area (Å²) in [6, 6.07) is 14.8. The Morgan fingerprint density at radius 3 is 2.60 bits per heavy atom.